The molecule has 0 fully saturated rings. The Morgan fingerprint density at radius 3 is 2.92 bits per heavy atom. The molecule has 0 unspecified atom stereocenters. The molecule has 3 heterocycles. The first-order valence-corrected chi connectivity index (χ1v) is 8.95. The number of hydrogen-bond acceptors (Lipinski definition) is 7. The van der Waals surface area contributed by atoms with Gasteiger partial charge in [-0.1, -0.05) is 6.07 Å². The zero-order chi connectivity index (χ0) is 18.4. The van der Waals surface area contributed by atoms with Crippen LogP contribution in [0, 0.1) is 6.92 Å². The van der Waals surface area contributed by atoms with Gasteiger partial charge in [0.2, 0.25) is 5.91 Å². The number of aryl methyl sites for hydroxylation is 1. The Labute approximate surface area is 155 Å². The van der Waals surface area contributed by atoms with E-state index in [-0.39, 0.29) is 18.9 Å². The second kappa shape index (κ2) is 8.50. The smallest absolute Gasteiger partial charge is 0.222 e. The molecular formula is C18H19N5O2S. The fraction of sp³-hybridized carbons (Fsp3) is 0.222. The number of hydrogen-bond donors (Lipinski definition) is 3. The fourth-order valence-electron chi connectivity index (χ4n) is 2.25. The lowest BCUT2D eigenvalue weighted by atomic mass is 10.3. The van der Waals surface area contributed by atoms with Crippen molar-refractivity contribution in [3.05, 3.63) is 53.3 Å². The van der Waals surface area contributed by atoms with Crippen LogP contribution in [0.1, 0.15) is 17.0 Å². The standard InChI is InChI=1S/C18H19N5O2S/c1-12-5-7-19-16(9-12)23-15-4-2-3-13(22-15)14-10-21-18(26-14)11-20-17(25)6-8-24/h2-5,7,9-10,24H,6,8,11H2,1H3,(H,20,25)(H,19,22,23). The number of nitrogens with one attached hydrogen (secondary N) is 2. The summed E-state index contributed by atoms with van der Waals surface area (Å²) >= 11 is 1.47. The first-order valence-electron chi connectivity index (χ1n) is 8.13. The molecule has 0 saturated carbocycles. The summed E-state index contributed by atoms with van der Waals surface area (Å²) in [5.41, 5.74) is 1.92. The summed E-state index contributed by atoms with van der Waals surface area (Å²) in [6, 6.07) is 9.60. The Hall–Kier alpha value is -2.84. The van der Waals surface area contributed by atoms with Crippen molar-refractivity contribution in [3.63, 3.8) is 0 Å². The van der Waals surface area contributed by atoms with Crippen molar-refractivity contribution in [1.82, 2.24) is 20.3 Å². The van der Waals surface area contributed by atoms with Crippen molar-refractivity contribution in [2.45, 2.75) is 19.9 Å². The van der Waals surface area contributed by atoms with Gasteiger partial charge in [0.05, 0.1) is 23.7 Å². The summed E-state index contributed by atoms with van der Waals surface area (Å²) in [4.78, 5) is 25.5. The zero-order valence-corrected chi connectivity index (χ0v) is 15.1. The number of carbonyl (C=O) groups is 1. The van der Waals surface area contributed by atoms with Crippen LogP contribution in [-0.2, 0) is 11.3 Å². The Balaban J connectivity index is 1.69. The van der Waals surface area contributed by atoms with Crippen LogP contribution in [-0.4, -0.2) is 32.6 Å². The number of rotatable bonds is 7. The Kier molecular flexibility index (Phi) is 5.88. The van der Waals surface area contributed by atoms with Gasteiger partial charge in [-0.25, -0.2) is 15.0 Å². The molecule has 3 aromatic heterocycles. The van der Waals surface area contributed by atoms with E-state index in [9.17, 15) is 4.79 Å². The number of anilines is 2. The highest BCUT2D eigenvalue weighted by molar-refractivity contribution is 7.15. The first kappa shape index (κ1) is 18.0. The van der Waals surface area contributed by atoms with Crippen LogP contribution in [0.4, 0.5) is 11.6 Å². The third-order valence-corrected chi connectivity index (χ3v) is 4.52. The Morgan fingerprint density at radius 2 is 2.12 bits per heavy atom. The van der Waals surface area contributed by atoms with Gasteiger partial charge in [-0.2, -0.15) is 0 Å². The summed E-state index contributed by atoms with van der Waals surface area (Å²) in [6.07, 6.45) is 3.60. The molecule has 3 rings (SSSR count). The minimum atomic E-state index is -0.195. The van der Waals surface area contributed by atoms with Gasteiger partial charge in [-0.05, 0) is 36.8 Å². The number of aliphatic hydroxyl groups excluding tert-OH is 1. The van der Waals surface area contributed by atoms with Crippen molar-refractivity contribution < 1.29 is 9.90 Å². The highest BCUT2D eigenvalue weighted by atomic mass is 32.1. The predicted octanol–water partition coefficient (Wildman–Crippen LogP) is 2.65. The second-order valence-electron chi connectivity index (χ2n) is 5.62. The van der Waals surface area contributed by atoms with Crippen LogP contribution in [0.25, 0.3) is 10.6 Å². The van der Waals surface area contributed by atoms with Crippen molar-refractivity contribution in [2.75, 3.05) is 11.9 Å². The van der Waals surface area contributed by atoms with Crippen molar-refractivity contribution >= 4 is 28.9 Å². The highest BCUT2D eigenvalue weighted by Gasteiger charge is 2.08. The lowest BCUT2D eigenvalue weighted by Gasteiger charge is -2.06. The molecular weight excluding hydrogens is 350 g/mol. The third-order valence-electron chi connectivity index (χ3n) is 3.50. The van der Waals surface area contributed by atoms with E-state index >= 15 is 0 Å². The summed E-state index contributed by atoms with van der Waals surface area (Å²) in [5, 5.41) is 15.4. The average Bonchev–Trinajstić information content (AvgIpc) is 3.10. The number of pyridine rings is 2. The predicted molar refractivity (Wildman–Crippen MR) is 101 cm³/mol. The van der Waals surface area contributed by atoms with Gasteiger partial charge in [0.15, 0.2) is 0 Å². The fourth-order valence-corrected chi connectivity index (χ4v) is 3.08. The molecule has 0 bridgehead atoms. The van der Waals surface area contributed by atoms with Gasteiger partial charge in [-0.3, -0.25) is 4.79 Å². The summed E-state index contributed by atoms with van der Waals surface area (Å²) in [5.74, 6) is 1.25. The molecule has 0 atom stereocenters. The normalized spacial score (nSPS) is 10.5. The van der Waals surface area contributed by atoms with Crippen LogP contribution < -0.4 is 10.6 Å². The number of aliphatic hydroxyl groups is 1. The minimum absolute atomic E-state index is 0.0977. The molecule has 134 valence electrons. The quantitative estimate of drug-likeness (QED) is 0.592. The molecule has 26 heavy (non-hydrogen) atoms. The molecule has 7 nitrogen and oxygen atoms in total. The molecule has 0 radical (unpaired) electrons. The largest absolute Gasteiger partial charge is 0.396 e. The second-order valence-corrected chi connectivity index (χ2v) is 6.74. The van der Waals surface area contributed by atoms with E-state index in [0.29, 0.717) is 12.4 Å². The maximum Gasteiger partial charge on any atom is 0.222 e. The lowest BCUT2D eigenvalue weighted by Crippen LogP contribution is -2.23. The van der Waals surface area contributed by atoms with E-state index in [1.54, 1.807) is 12.4 Å². The molecule has 0 aromatic carbocycles. The number of thiazole rings is 1. The van der Waals surface area contributed by atoms with E-state index in [1.165, 1.54) is 11.3 Å². The molecule has 3 aromatic rings. The van der Waals surface area contributed by atoms with Crippen molar-refractivity contribution in [1.29, 1.82) is 0 Å². The van der Waals surface area contributed by atoms with E-state index < -0.39 is 0 Å². The van der Waals surface area contributed by atoms with Gasteiger partial charge in [0.1, 0.15) is 16.6 Å². The van der Waals surface area contributed by atoms with E-state index in [0.717, 1.165) is 27.0 Å². The lowest BCUT2D eigenvalue weighted by molar-refractivity contribution is -0.121. The number of nitrogens with zero attached hydrogens (tertiary/aromatic N) is 3. The topological polar surface area (TPSA) is 100 Å². The number of amides is 1. The molecule has 0 aliphatic rings. The van der Waals surface area contributed by atoms with Crippen LogP contribution in [0.2, 0.25) is 0 Å². The first-order chi connectivity index (χ1) is 12.6. The minimum Gasteiger partial charge on any atom is -0.396 e. The van der Waals surface area contributed by atoms with E-state index in [4.69, 9.17) is 5.11 Å². The van der Waals surface area contributed by atoms with Crippen LogP contribution >= 0.6 is 11.3 Å². The van der Waals surface area contributed by atoms with E-state index in [1.807, 2.05) is 37.3 Å². The van der Waals surface area contributed by atoms with Gasteiger partial charge in [-0.15, -0.1) is 11.3 Å². The Morgan fingerprint density at radius 1 is 1.23 bits per heavy atom. The van der Waals surface area contributed by atoms with Crippen molar-refractivity contribution in [3.8, 4) is 10.6 Å². The summed E-state index contributed by atoms with van der Waals surface area (Å²) in [6.45, 7) is 2.19. The third kappa shape index (κ3) is 4.84. The maximum atomic E-state index is 11.4. The monoisotopic (exact) mass is 369 g/mol. The zero-order valence-electron chi connectivity index (χ0n) is 14.3. The highest BCUT2D eigenvalue weighted by Crippen LogP contribution is 2.26. The molecule has 0 spiro atoms. The van der Waals surface area contributed by atoms with E-state index in [2.05, 4.69) is 25.6 Å². The molecule has 0 saturated heterocycles. The number of aromatic nitrogens is 3. The van der Waals surface area contributed by atoms with Crippen LogP contribution in [0.5, 0.6) is 0 Å². The molecule has 8 heteroatoms. The van der Waals surface area contributed by atoms with Gasteiger partial charge < -0.3 is 15.7 Å². The van der Waals surface area contributed by atoms with Gasteiger partial charge >= 0.3 is 0 Å². The summed E-state index contributed by atoms with van der Waals surface area (Å²) in [7, 11) is 0. The maximum absolute atomic E-state index is 11.4. The molecule has 3 N–H and O–H groups in total. The SMILES string of the molecule is Cc1ccnc(Nc2cccc(-c3cnc(CNC(=O)CCO)s3)n2)c1. The summed E-state index contributed by atoms with van der Waals surface area (Å²) < 4.78 is 0. The average molecular weight is 369 g/mol. The van der Waals surface area contributed by atoms with Gasteiger partial charge in [0.25, 0.3) is 0 Å². The van der Waals surface area contributed by atoms with Crippen LogP contribution in [0.3, 0.4) is 0 Å². The number of carbonyl (C=O) groups excluding carboxylic acids is 1. The molecule has 0 aliphatic carbocycles. The molecule has 1 amide bonds. The Bertz CT molecular complexity index is 897. The van der Waals surface area contributed by atoms with Crippen LogP contribution in [0.15, 0.2) is 42.7 Å². The molecule has 0 aliphatic heterocycles. The van der Waals surface area contributed by atoms with Crippen molar-refractivity contribution in [2.24, 2.45) is 0 Å². The van der Waals surface area contributed by atoms with Gasteiger partial charge in [0, 0.05) is 18.8 Å².